The first-order valence-corrected chi connectivity index (χ1v) is 8.10. The monoisotopic (exact) mass is 332 g/mol. The minimum atomic E-state index is -0.475. The van der Waals surface area contributed by atoms with Crippen molar-refractivity contribution in [3.8, 4) is 5.75 Å². The number of Topliss-reactive ketones (excluding diaryl/α,β-unsaturated/α-hetero) is 1. The van der Waals surface area contributed by atoms with Crippen molar-refractivity contribution >= 4 is 23.3 Å². The summed E-state index contributed by atoms with van der Waals surface area (Å²) in [6, 6.07) is 7.07. The van der Waals surface area contributed by atoms with Crippen LogP contribution in [0.1, 0.15) is 33.6 Å². The van der Waals surface area contributed by atoms with E-state index in [9.17, 15) is 14.4 Å². The minimum absolute atomic E-state index is 0.00169. The molecule has 1 N–H and O–H groups in total. The van der Waals surface area contributed by atoms with Crippen LogP contribution in [-0.4, -0.2) is 37.3 Å². The van der Waals surface area contributed by atoms with Crippen molar-refractivity contribution in [3.63, 3.8) is 0 Å². The average Bonchev–Trinajstić information content (AvgIpc) is 2.96. The van der Waals surface area contributed by atoms with Crippen LogP contribution in [0, 0.1) is 5.41 Å². The summed E-state index contributed by atoms with van der Waals surface area (Å²) in [7, 11) is 0. The smallest absolute Gasteiger partial charge is 0.258 e. The Balaban J connectivity index is 1.79. The van der Waals surface area contributed by atoms with Crippen molar-refractivity contribution in [1.29, 1.82) is 0 Å². The molecular weight excluding hydrogens is 308 g/mol. The number of nitrogens with one attached hydrogen (secondary N) is 1. The number of carbonyl (C=O) groups is 3. The summed E-state index contributed by atoms with van der Waals surface area (Å²) in [4.78, 5) is 36.9. The third kappa shape index (κ3) is 4.81. The van der Waals surface area contributed by atoms with Gasteiger partial charge in [0, 0.05) is 24.1 Å². The fourth-order valence-corrected chi connectivity index (χ4v) is 2.29. The topological polar surface area (TPSA) is 75.7 Å². The Hall–Kier alpha value is -2.37. The second-order valence-corrected chi connectivity index (χ2v) is 6.88. The minimum Gasteiger partial charge on any atom is -0.484 e. The van der Waals surface area contributed by atoms with E-state index in [-0.39, 0.29) is 30.7 Å². The van der Waals surface area contributed by atoms with Gasteiger partial charge >= 0.3 is 0 Å². The quantitative estimate of drug-likeness (QED) is 0.863. The van der Waals surface area contributed by atoms with Gasteiger partial charge in [-0.15, -0.1) is 0 Å². The van der Waals surface area contributed by atoms with Gasteiger partial charge in [-0.3, -0.25) is 14.4 Å². The first-order chi connectivity index (χ1) is 11.3. The molecule has 1 aromatic rings. The lowest BCUT2D eigenvalue weighted by Crippen LogP contribution is -2.37. The maximum Gasteiger partial charge on any atom is 0.258 e. The van der Waals surface area contributed by atoms with Crippen LogP contribution >= 0.6 is 0 Å². The molecule has 0 unspecified atom stereocenters. The summed E-state index contributed by atoms with van der Waals surface area (Å²) in [6.45, 7) is 6.02. The third-order valence-corrected chi connectivity index (χ3v) is 3.87. The normalized spacial score (nSPS) is 14.6. The van der Waals surface area contributed by atoms with Crippen LogP contribution in [0.5, 0.6) is 5.75 Å². The van der Waals surface area contributed by atoms with Gasteiger partial charge in [0.1, 0.15) is 5.75 Å². The number of hydrogen-bond donors (Lipinski definition) is 1. The molecule has 0 aliphatic carbocycles. The lowest BCUT2D eigenvalue weighted by atomic mass is 9.91. The van der Waals surface area contributed by atoms with E-state index >= 15 is 0 Å². The van der Waals surface area contributed by atoms with Crippen molar-refractivity contribution in [1.82, 2.24) is 5.32 Å². The number of anilines is 1. The molecule has 2 amide bonds. The molecule has 1 saturated heterocycles. The summed E-state index contributed by atoms with van der Waals surface area (Å²) >= 11 is 0. The summed E-state index contributed by atoms with van der Waals surface area (Å²) in [6.07, 6.45) is 1.47. The first kappa shape index (κ1) is 18.0. The molecule has 1 fully saturated rings. The van der Waals surface area contributed by atoms with Gasteiger partial charge < -0.3 is 15.0 Å². The zero-order chi connectivity index (χ0) is 17.7. The Morgan fingerprint density at radius 1 is 1.21 bits per heavy atom. The number of benzene rings is 1. The lowest BCUT2D eigenvalue weighted by molar-refractivity contribution is -0.129. The third-order valence-electron chi connectivity index (χ3n) is 3.87. The Labute approximate surface area is 142 Å². The number of ether oxygens (including phenoxy) is 1. The van der Waals surface area contributed by atoms with E-state index in [2.05, 4.69) is 5.32 Å². The predicted molar refractivity (Wildman–Crippen MR) is 91.0 cm³/mol. The van der Waals surface area contributed by atoms with Gasteiger partial charge in [-0.2, -0.15) is 0 Å². The zero-order valence-electron chi connectivity index (χ0n) is 14.4. The average molecular weight is 332 g/mol. The molecule has 130 valence electrons. The number of ketones is 1. The Morgan fingerprint density at radius 2 is 1.88 bits per heavy atom. The van der Waals surface area contributed by atoms with E-state index in [0.717, 1.165) is 18.7 Å². The SMILES string of the molecule is CC(C)(C)C(=O)CNC(=O)COc1ccc(N2CCCC2=O)cc1. The summed E-state index contributed by atoms with van der Waals surface area (Å²) in [5, 5.41) is 2.55. The van der Waals surface area contributed by atoms with Crippen molar-refractivity contribution in [2.75, 3.05) is 24.6 Å². The van der Waals surface area contributed by atoms with Gasteiger partial charge in [-0.1, -0.05) is 20.8 Å². The highest BCUT2D eigenvalue weighted by molar-refractivity contribution is 5.95. The van der Waals surface area contributed by atoms with Crippen molar-refractivity contribution in [3.05, 3.63) is 24.3 Å². The largest absolute Gasteiger partial charge is 0.484 e. The van der Waals surface area contributed by atoms with Crippen LogP contribution in [0.2, 0.25) is 0 Å². The van der Waals surface area contributed by atoms with Crippen LogP contribution in [0.25, 0.3) is 0 Å². The fourth-order valence-electron chi connectivity index (χ4n) is 2.29. The molecule has 1 aromatic carbocycles. The van der Waals surface area contributed by atoms with Gasteiger partial charge in [0.2, 0.25) is 5.91 Å². The van der Waals surface area contributed by atoms with Crippen LogP contribution in [0.3, 0.4) is 0 Å². The molecule has 24 heavy (non-hydrogen) atoms. The van der Waals surface area contributed by atoms with Gasteiger partial charge in [0.25, 0.3) is 5.91 Å². The Morgan fingerprint density at radius 3 is 2.42 bits per heavy atom. The van der Waals surface area contributed by atoms with Gasteiger partial charge in [-0.05, 0) is 30.7 Å². The van der Waals surface area contributed by atoms with Gasteiger partial charge in [0.05, 0.1) is 6.54 Å². The Kier molecular flexibility index (Phi) is 5.59. The van der Waals surface area contributed by atoms with Crippen molar-refractivity contribution in [2.24, 2.45) is 5.41 Å². The molecule has 0 aromatic heterocycles. The number of hydrogen-bond acceptors (Lipinski definition) is 4. The van der Waals surface area contributed by atoms with E-state index < -0.39 is 5.41 Å². The molecule has 1 aliphatic heterocycles. The number of amides is 2. The van der Waals surface area contributed by atoms with Crippen LogP contribution in [0.4, 0.5) is 5.69 Å². The molecule has 0 saturated carbocycles. The number of rotatable bonds is 6. The van der Waals surface area contributed by atoms with Crippen LogP contribution in [-0.2, 0) is 14.4 Å². The van der Waals surface area contributed by atoms with Gasteiger partial charge in [-0.25, -0.2) is 0 Å². The fraction of sp³-hybridized carbons (Fsp3) is 0.500. The number of carbonyl (C=O) groups excluding carboxylic acids is 3. The molecule has 1 heterocycles. The molecule has 1 aliphatic rings. The van der Waals surface area contributed by atoms with E-state index in [1.54, 1.807) is 29.2 Å². The molecule has 0 spiro atoms. The van der Waals surface area contributed by atoms with E-state index in [1.807, 2.05) is 20.8 Å². The van der Waals surface area contributed by atoms with E-state index in [1.165, 1.54) is 0 Å². The highest BCUT2D eigenvalue weighted by Crippen LogP contribution is 2.23. The molecule has 2 rings (SSSR count). The lowest BCUT2D eigenvalue weighted by Gasteiger charge is -2.17. The first-order valence-electron chi connectivity index (χ1n) is 8.10. The summed E-state index contributed by atoms with van der Waals surface area (Å²) < 4.78 is 5.40. The zero-order valence-corrected chi connectivity index (χ0v) is 14.4. The second-order valence-electron chi connectivity index (χ2n) is 6.88. The number of nitrogens with zero attached hydrogens (tertiary/aromatic N) is 1. The second kappa shape index (κ2) is 7.47. The molecule has 6 heteroatoms. The van der Waals surface area contributed by atoms with Crippen LogP contribution < -0.4 is 15.0 Å². The van der Waals surface area contributed by atoms with Crippen molar-refractivity contribution in [2.45, 2.75) is 33.6 Å². The van der Waals surface area contributed by atoms with E-state index in [4.69, 9.17) is 4.74 Å². The molecule has 0 radical (unpaired) electrons. The molecule has 0 bridgehead atoms. The maximum absolute atomic E-state index is 11.7. The highest BCUT2D eigenvalue weighted by atomic mass is 16.5. The summed E-state index contributed by atoms with van der Waals surface area (Å²) in [5.74, 6) is 0.302. The van der Waals surface area contributed by atoms with Crippen LogP contribution in [0.15, 0.2) is 24.3 Å². The van der Waals surface area contributed by atoms with E-state index in [0.29, 0.717) is 12.2 Å². The summed E-state index contributed by atoms with van der Waals surface area (Å²) in [5.41, 5.74) is 0.363. The highest BCUT2D eigenvalue weighted by Gasteiger charge is 2.22. The van der Waals surface area contributed by atoms with Gasteiger partial charge in [0.15, 0.2) is 12.4 Å². The molecule has 6 nitrogen and oxygen atoms in total. The molecule has 0 atom stereocenters. The predicted octanol–water partition coefficient (Wildman–Crippen LogP) is 1.92. The van der Waals surface area contributed by atoms with Crippen molar-refractivity contribution < 1.29 is 19.1 Å². The standard InChI is InChI=1S/C18H24N2O4/c1-18(2,3)15(21)11-19-16(22)12-24-14-8-6-13(7-9-14)20-10-4-5-17(20)23/h6-9H,4-5,10-12H2,1-3H3,(H,19,22). The molecular formula is C18H24N2O4. The Bertz CT molecular complexity index is 617. The maximum atomic E-state index is 11.7.